The molecule has 0 fully saturated rings. The van der Waals surface area contributed by atoms with E-state index in [4.69, 9.17) is 18.9 Å². The van der Waals surface area contributed by atoms with Crippen molar-refractivity contribution < 1.29 is 23.7 Å². The summed E-state index contributed by atoms with van der Waals surface area (Å²) in [4.78, 5) is 11.5. The summed E-state index contributed by atoms with van der Waals surface area (Å²) in [6, 6.07) is 0. The normalized spacial score (nSPS) is 11.2. The maximum absolute atomic E-state index is 11.5. The van der Waals surface area contributed by atoms with Gasteiger partial charge in [-0.2, -0.15) is 0 Å². The van der Waals surface area contributed by atoms with Gasteiger partial charge >= 0.3 is 5.97 Å². The van der Waals surface area contributed by atoms with E-state index in [-0.39, 0.29) is 5.97 Å². The minimum absolute atomic E-state index is 0.115. The van der Waals surface area contributed by atoms with Crippen molar-refractivity contribution in [3.05, 3.63) is 0 Å². The Hall–Kier alpha value is -0.650. The fraction of sp³-hybridized carbons (Fsp3) is 0.950. The summed E-state index contributed by atoms with van der Waals surface area (Å²) in [5.74, 6) is 0.441. The molecule has 0 aromatic carbocycles. The summed E-state index contributed by atoms with van der Waals surface area (Å²) in [6.45, 7) is 10.7. The molecule has 0 aliphatic heterocycles. The van der Waals surface area contributed by atoms with E-state index in [1.165, 1.54) is 25.7 Å². The molecule has 0 unspecified atom stereocenters. The van der Waals surface area contributed by atoms with E-state index < -0.39 is 0 Å². The lowest BCUT2D eigenvalue weighted by atomic mass is 10.1. The lowest BCUT2D eigenvalue weighted by Gasteiger charge is -2.08. The summed E-state index contributed by atoms with van der Waals surface area (Å²) in [5, 5.41) is 0. The standard InChI is InChI=1S/C20H40O5/c1-4-5-6-7-8-9-13-25-20(21)11-10-12-22-14-15-23-16-17-24-18-19(2)3/h19H,4-18H2,1-3H3. The first-order valence-corrected chi connectivity index (χ1v) is 10.1. The maximum Gasteiger partial charge on any atom is 0.305 e. The molecule has 150 valence electrons. The van der Waals surface area contributed by atoms with Gasteiger partial charge in [0, 0.05) is 19.6 Å². The Balaban J connectivity index is 3.14. The Kier molecular flexibility index (Phi) is 19.2. The van der Waals surface area contributed by atoms with Gasteiger partial charge in [0.05, 0.1) is 33.0 Å². The quantitative estimate of drug-likeness (QED) is 0.253. The molecule has 25 heavy (non-hydrogen) atoms. The number of hydrogen-bond donors (Lipinski definition) is 0. The van der Waals surface area contributed by atoms with Gasteiger partial charge in [0.2, 0.25) is 0 Å². The fourth-order valence-electron chi connectivity index (χ4n) is 2.22. The van der Waals surface area contributed by atoms with E-state index in [9.17, 15) is 4.79 Å². The fourth-order valence-corrected chi connectivity index (χ4v) is 2.22. The molecule has 0 N–H and O–H groups in total. The van der Waals surface area contributed by atoms with Crippen LogP contribution in [0.3, 0.4) is 0 Å². The summed E-state index contributed by atoms with van der Waals surface area (Å²) in [5.41, 5.74) is 0. The van der Waals surface area contributed by atoms with E-state index >= 15 is 0 Å². The van der Waals surface area contributed by atoms with Gasteiger partial charge in [-0.05, 0) is 18.8 Å². The molecule has 5 nitrogen and oxygen atoms in total. The van der Waals surface area contributed by atoms with Crippen molar-refractivity contribution in [3.63, 3.8) is 0 Å². The molecule has 0 aliphatic carbocycles. The average Bonchev–Trinajstić information content (AvgIpc) is 2.58. The number of unbranched alkanes of at least 4 members (excludes halogenated alkanes) is 5. The van der Waals surface area contributed by atoms with Gasteiger partial charge in [-0.1, -0.05) is 52.9 Å². The molecule has 5 heteroatoms. The largest absolute Gasteiger partial charge is 0.466 e. The van der Waals surface area contributed by atoms with Crippen LogP contribution in [-0.2, 0) is 23.7 Å². The number of esters is 1. The summed E-state index contributed by atoms with van der Waals surface area (Å²) in [7, 11) is 0. The second-order valence-electron chi connectivity index (χ2n) is 6.79. The molecule has 0 amide bonds. The Morgan fingerprint density at radius 2 is 1.32 bits per heavy atom. The van der Waals surface area contributed by atoms with Crippen LogP contribution in [0.2, 0.25) is 0 Å². The van der Waals surface area contributed by atoms with Crippen LogP contribution < -0.4 is 0 Å². The van der Waals surface area contributed by atoms with Crippen molar-refractivity contribution in [3.8, 4) is 0 Å². The van der Waals surface area contributed by atoms with Gasteiger partial charge in [0.15, 0.2) is 0 Å². The lowest BCUT2D eigenvalue weighted by Crippen LogP contribution is -2.12. The van der Waals surface area contributed by atoms with Crippen LogP contribution in [0.5, 0.6) is 0 Å². The Morgan fingerprint density at radius 3 is 2.00 bits per heavy atom. The number of carbonyl (C=O) groups excluding carboxylic acids is 1. The van der Waals surface area contributed by atoms with Gasteiger partial charge in [0.1, 0.15) is 0 Å². The van der Waals surface area contributed by atoms with Crippen molar-refractivity contribution in [2.75, 3.05) is 46.2 Å². The minimum atomic E-state index is -0.115. The smallest absolute Gasteiger partial charge is 0.305 e. The molecule has 0 aromatic heterocycles. The van der Waals surface area contributed by atoms with Crippen molar-refractivity contribution >= 4 is 5.97 Å². The molecule has 0 aromatic rings. The predicted octanol–water partition coefficient (Wildman–Crippen LogP) is 4.38. The van der Waals surface area contributed by atoms with E-state index in [1.54, 1.807) is 0 Å². The third-order valence-corrected chi connectivity index (χ3v) is 3.63. The number of carbonyl (C=O) groups is 1. The Morgan fingerprint density at radius 1 is 0.720 bits per heavy atom. The highest BCUT2D eigenvalue weighted by Crippen LogP contribution is 2.05. The van der Waals surface area contributed by atoms with Gasteiger partial charge in [0.25, 0.3) is 0 Å². The van der Waals surface area contributed by atoms with E-state index in [2.05, 4.69) is 20.8 Å². The summed E-state index contributed by atoms with van der Waals surface area (Å²) in [6.07, 6.45) is 8.35. The third kappa shape index (κ3) is 21.3. The number of hydrogen-bond acceptors (Lipinski definition) is 5. The third-order valence-electron chi connectivity index (χ3n) is 3.63. The first-order valence-electron chi connectivity index (χ1n) is 10.1. The molecular formula is C20H40O5. The zero-order chi connectivity index (χ0) is 18.6. The molecule has 0 heterocycles. The van der Waals surface area contributed by atoms with Crippen molar-refractivity contribution in [1.29, 1.82) is 0 Å². The topological polar surface area (TPSA) is 54.0 Å². The highest BCUT2D eigenvalue weighted by molar-refractivity contribution is 5.69. The average molecular weight is 361 g/mol. The Labute approximate surface area is 154 Å². The van der Waals surface area contributed by atoms with Crippen molar-refractivity contribution in [2.45, 2.75) is 72.1 Å². The van der Waals surface area contributed by atoms with E-state index in [1.807, 2.05) is 0 Å². The molecule has 0 saturated carbocycles. The van der Waals surface area contributed by atoms with Gasteiger partial charge in [-0.15, -0.1) is 0 Å². The highest BCUT2D eigenvalue weighted by Gasteiger charge is 2.02. The predicted molar refractivity (Wildman–Crippen MR) is 101 cm³/mol. The molecule has 0 spiro atoms. The van der Waals surface area contributed by atoms with Crippen molar-refractivity contribution in [1.82, 2.24) is 0 Å². The number of ether oxygens (including phenoxy) is 4. The molecule has 0 rings (SSSR count). The SMILES string of the molecule is CCCCCCCCOC(=O)CCCOCCOCCOCC(C)C. The van der Waals surface area contributed by atoms with E-state index in [0.29, 0.717) is 58.4 Å². The van der Waals surface area contributed by atoms with Crippen LogP contribution >= 0.6 is 0 Å². The minimum Gasteiger partial charge on any atom is -0.466 e. The van der Waals surface area contributed by atoms with Crippen LogP contribution in [0.4, 0.5) is 0 Å². The zero-order valence-corrected chi connectivity index (χ0v) is 16.7. The van der Waals surface area contributed by atoms with Crippen LogP contribution in [0, 0.1) is 5.92 Å². The molecule has 0 saturated heterocycles. The Bertz CT molecular complexity index is 281. The van der Waals surface area contributed by atoms with Gasteiger partial charge in [-0.25, -0.2) is 0 Å². The van der Waals surface area contributed by atoms with E-state index in [0.717, 1.165) is 19.4 Å². The summed E-state index contributed by atoms with van der Waals surface area (Å²) >= 11 is 0. The molecule has 0 radical (unpaired) electrons. The van der Waals surface area contributed by atoms with Crippen LogP contribution in [0.15, 0.2) is 0 Å². The van der Waals surface area contributed by atoms with Crippen LogP contribution in [0.1, 0.15) is 72.1 Å². The summed E-state index contributed by atoms with van der Waals surface area (Å²) < 4.78 is 21.5. The first kappa shape index (κ1) is 24.4. The number of rotatable bonds is 19. The monoisotopic (exact) mass is 360 g/mol. The van der Waals surface area contributed by atoms with Crippen LogP contribution in [-0.4, -0.2) is 52.2 Å². The maximum atomic E-state index is 11.5. The van der Waals surface area contributed by atoms with Gasteiger partial charge in [-0.3, -0.25) is 4.79 Å². The second kappa shape index (κ2) is 19.7. The second-order valence-corrected chi connectivity index (χ2v) is 6.79. The molecule has 0 bridgehead atoms. The molecule has 0 aliphatic rings. The van der Waals surface area contributed by atoms with Crippen molar-refractivity contribution in [2.24, 2.45) is 5.92 Å². The highest BCUT2D eigenvalue weighted by atomic mass is 16.5. The van der Waals surface area contributed by atoms with Gasteiger partial charge < -0.3 is 18.9 Å². The lowest BCUT2D eigenvalue weighted by molar-refractivity contribution is -0.144. The van der Waals surface area contributed by atoms with Crippen LogP contribution in [0.25, 0.3) is 0 Å². The molecular weight excluding hydrogens is 320 g/mol. The first-order chi connectivity index (χ1) is 12.2. The molecule has 0 atom stereocenters. The zero-order valence-electron chi connectivity index (χ0n) is 16.7.